The molecule has 0 fully saturated rings. The number of benzene rings is 4. The molecule has 3 amide bonds. The summed E-state index contributed by atoms with van der Waals surface area (Å²) in [5.41, 5.74) is 1.25. The van der Waals surface area contributed by atoms with Crippen LogP contribution in [0.3, 0.4) is 0 Å². The molecule has 0 saturated heterocycles. The van der Waals surface area contributed by atoms with E-state index in [0.29, 0.717) is 28.3 Å². The van der Waals surface area contributed by atoms with Gasteiger partial charge in [0.2, 0.25) is 5.91 Å². The van der Waals surface area contributed by atoms with Crippen LogP contribution in [-0.4, -0.2) is 32.8 Å². The van der Waals surface area contributed by atoms with Crippen molar-refractivity contribution in [3.05, 3.63) is 140 Å². The Labute approximate surface area is 268 Å². The predicted molar refractivity (Wildman–Crippen MR) is 176 cm³/mol. The molecule has 0 spiro atoms. The van der Waals surface area contributed by atoms with Gasteiger partial charge < -0.3 is 16.0 Å². The molecule has 0 radical (unpaired) electrons. The number of carbonyl (C=O) groups is 3. The van der Waals surface area contributed by atoms with Crippen molar-refractivity contribution in [2.75, 3.05) is 10.6 Å². The third kappa shape index (κ3) is 8.64. The molecule has 0 aliphatic heterocycles. The SMILES string of the molecule is CCC(Sc1cccc(NC(=O)/C(=C\c2ccccc2[N+](=O)[O-])NC(=O)c2ccccc2)c1)C(=O)Nc1ccc([N+](=O)[O-])cc1C. The number of amides is 3. The van der Waals surface area contributed by atoms with E-state index < -0.39 is 26.9 Å². The second kappa shape index (κ2) is 15.3. The zero-order chi connectivity index (χ0) is 33.2. The number of nitrogens with one attached hydrogen (secondary N) is 3. The molecule has 4 aromatic carbocycles. The van der Waals surface area contributed by atoms with Gasteiger partial charge in [0.25, 0.3) is 23.2 Å². The number of rotatable bonds is 12. The number of carbonyl (C=O) groups excluding carboxylic acids is 3. The van der Waals surface area contributed by atoms with Gasteiger partial charge in [0, 0.05) is 40.0 Å². The number of thioether (sulfide) groups is 1. The molecular weight excluding hydrogens is 610 g/mol. The van der Waals surface area contributed by atoms with E-state index in [1.165, 1.54) is 54.2 Å². The summed E-state index contributed by atoms with van der Waals surface area (Å²) in [7, 11) is 0. The molecule has 1 unspecified atom stereocenters. The standard InChI is InChI=1S/C33H29N5O7S/c1-3-30(33(41)35-27-17-16-25(37(42)43)18-21(27)2)46-26-14-9-13-24(20-26)34-32(40)28(36-31(39)22-10-5-4-6-11-22)19-23-12-7-8-15-29(23)38(44)45/h4-20,30H,3H2,1-2H3,(H,34,40)(H,35,41)(H,36,39)/b28-19+. The Morgan fingerprint density at radius 3 is 2.24 bits per heavy atom. The van der Waals surface area contributed by atoms with E-state index in [0.717, 1.165) is 0 Å². The molecule has 4 aromatic rings. The quantitative estimate of drug-likeness (QED) is 0.0662. The molecule has 0 aliphatic carbocycles. The van der Waals surface area contributed by atoms with E-state index in [1.807, 2.05) is 6.92 Å². The zero-order valence-corrected chi connectivity index (χ0v) is 25.6. The van der Waals surface area contributed by atoms with E-state index in [1.54, 1.807) is 67.6 Å². The average molecular weight is 640 g/mol. The van der Waals surface area contributed by atoms with Crippen molar-refractivity contribution < 1.29 is 24.2 Å². The van der Waals surface area contributed by atoms with E-state index in [-0.39, 0.29) is 34.1 Å². The molecule has 0 saturated carbocycles. The lowest BCUT2D eigenvalue weighted by atomic mass is 10.1. The Bertz CT molecular complexity index is 1830. The Balaban J connectivity index is 1.53. The first-order chi connectivity index (χ1) is 22.0. The van der Waals surface area contributed by atoms with Gasteiger partial charge in [-0.05, 0) is 67.4 Å². The monoisotopic (exact) mass is 639 g/mol. The first-order valence-corrected chi connectivity index (χ1v) is 14.9. The van der Waals surface area contributed by atoms with E-state index in [9.17, 15) is 34.6 Å². The number of aryl methyl sites for hydroxylation is 1. The zero-order valence-electron chi connectivity index (χ0n) is 24.8. The lowest BCUT2D eigenvalue weighted by molar-refractivity contribution is -0.385. The summed E-state index contributed by atoms with van der Waals surface area (Å²) in [6.45, 7) is 3.52. The summed E-state index contributed by atoms with van der Waals surface area (Å²) in [5, 5.41) is 30.2. The van der Waals surface area contributed by atoms with Crippen molar-refractivity contribution in [1.82, 2.24) is 5.32 Å². The molecule has 4 rings (SSSR count). The van der Waals surface area contributed by atoms with Crippen LogP contribution in [0.4, 0.5) is 22.7 Å². The highest BCUT2D eigenvalue weighted by atomic mass is 32.2. The molecular formula is C33H29N5O7S. The Hall–Kier alpha value is -5.82. The van der Waals surface area contributed by atoms with Crippen LogP contribution >= 0.6 is 11.8 Å². The third-order valence-electron chi connectivity index (χ3n) is 6.67. The number of hydrogen-bond donors (Lipinski definition) is 3. The number of nitro groups is 2. The smallest absolute Gasteiger partial charge is 0.276 e. The Morgan fingerprint density at radius 2 is 1.57 bits per heavy atom. The van der Waals surface area contributed by atoms with Gasteiger partial charge in [0.15, 0.2) is 0 Å². The van der Waals surface area contributed by atoms with E-state index >= 15 is 0 Å². The number of hydrogen-bond acceptors (Lipinski definition) is 8. The summed E-state index contributed by atoms with van der Waals surface area (Å²) >= 11 is 1.26. The van der Waals surface area contributed by atoms with Crippen LogP contribution in [-0.2, 0) is 9.59 Å². The molecule has 0 aliphatic rings. The van der Waals surface area contributed by atoms with E-state index in [2.05, 4.69) is 16.0 Å². The van der Waals surface area contributed by atoms with Crippen molar-refractivity contribution >= 4 is 58.3 Å². The van der Waals surface area contributed by atoms with Gasteiger partial charge in [-0.15, -0.1) is 11.8 Å². The topological polar surface area (TPSA) is 174 Å². The fourth-order valence-electron chi connectivity index (χ4n) is 4.32. The van der Waals surface area contributed by atoms with Crippen LogP contribution < -0.4 is 16.0 Å². The second-order valence-corrected chi connectivity index (χ2v) is 11.2. The van der Waals surface area contributed by atoms with Gasteiger partial charge in [-0.2, -0.15) is 0 Å². The van der Waals surface area contributed by atoms with Crippen molar-refractivity contribution in [2.24, 2.45) is 0 Å². The van der Waals surface area contributed by atoms with Crippen LogP contribution in [0.2, 0.25) is 0 Å². The van der Waals surface area contributed by atoms with Crippen molar-refractivity contribution in [3.63, 3.8) is 0 Å². The predicted octanol–water partition coefficient (Wildman–Crippen LogP) is 6.73. The lowest BCUT2D eigenvalue weighted by Gasteiger charge is -2.17. The number of non-ortho nitro benzene ring substituents is 1. The molecule has 0 bridgehead atoms. The minimum absolute atomic E-state index is 0.0737. The molecule has 0 heterocycles. The fraction of sp³-hybridized carbons (Fsp3) is 0.121. The van der Waals surface area contributed by atoms with Gasteiger partial charge in [-0.1, -0.05) is 43.3 Å². The van der Waals surface area contributed by atoms with Gasteiger partial charge in [-0.3, -0.25) is 34.6 Å². The highest BCUT2D eigenvalue weighted by Crippen LogP contribution is 2.30. The first-order valence-electron chi connectivity index (χ1n) is 14.0. The summed E-state index contributed by atoms with van der Waals surface area (Å²) in [6.07, 6.45) is 1.71. The highest BCUT2D eigenvalue weighted by Gasteiger charge is 2.21. The van der Waals surface area contributed by atoms with Crippen molar-refractivity contribution in [1.29, 1.82) is 0 Å². The Morgan fingerprint density at radius 1 is 0.848 bits per heavy atom. The van der Waals surface area contributed by atoms with Crippen LogP contribution in [0, 0.1) is 27.2 Å². The number of nitro benzene ring substituents is 2. The van der Waals surface area contributed by atoms with Crippen LogP contribution in [0.1, 0.15) is 34.8 Å². The number of para-hydroxylation sites is 1. The minimum atomic E-state index is -0.719. The first kappa shape index (κ1) is 33.1. The number of nitrogens with zero attached hydrogens (tertiary/aromatic N) is 2. The maximum Gasteiger partial charge on any atom is 0.276 e. The van der Waals surface area contributed by atoms with Crippen LogP contribution in [0.5, 0.6) is 0 Å². The largest absolute Gasteiger partial charge is 0.325 e. The van der Waals surface area contributed by atoms with E-state index in [4.69, 9.17) is 0 Å². The summed E-state index contributed by atoms with van der Waals surface area (Å²) in [6, 6.07) is 25.0. The molecule has 46 heavy (non-hydrogen) atoms. The molecule has 0 aromatic heterocycles. The summed E-state index contributed by atoms with van der Waals surface area (Å²) in [5.74, 6) is -1.59. The third-order valence-corrected chi connectivity index (χ3v) is 8.03. The van der Waals surface area contributed by atoms with Gasteiger partial charge >= 0.3 is 0 Å². The summed E-state index contributed by atoms with van der Waals surface area (Å²) in [4.78, 5) is 61.8. The fourth-order valence-corrected chi connectivity index (χ4v) is 5.33. The van der Waals surface area contributed by atoms with Crippen LogP contribution in [0.15, 0.2) is 108 Å². The summed E-state index contributed by atoms with van der Waals surface area (Å²) < 4.78 is 0. The molecule has 1 atom stereocenters. The normalized spacial score (nSPS) is 11.7. The van der Waals surface area contributed by atoms with Crippen molar-refractivity contribution in [2.45, 2.75) is 30.4 Å². The highest BCUT2D eigenvalue weighted by molar-refractivity contribution is 8.00. The molecule has 12 nitrogen and oxygen atoms in total. The lowest BCUT2D eigenvalue weighted by Crippen LogP contribution is -2.30. The van der Waals surface area contributed by atoms with Crippen molar-refractivity contribution in [3.8, 4) is 0 Å². The molecule has 234 valence electrons. The maximum absolute atomic E-state index is 13.5. The van der Waals surface area contributed by atoms with Gasteiger partial charge in [0.1, 0.15) is 5.70 Å². The average Bonchev–Trinajstić information content (AvgIpc) is 3.04. The molecule has 13 heteroatoms. The van der Waals surface area contributed by atoms with Gasteiger partial charge in [0.05, 0.1) is 20.7 Å². The van der Waals surface area contributed by atoms with Crippen LogP contribution in [0.25, 0.3) is 6.08 Å². The minimum Gasteiger partial charge on any atom is -0.325 e. The molecule has 3 N–H and O–H groups in total. The van der Waals surface area contributed by atoms with Gasteiger partial charge in [-0.25, -0.2) is 0 Å². The second-order valence-electron chi connectivity index (χ2n) is 9.94. The maximum atomic E-state index is 13.5. The number of anilines is 2. The Kier molecular flexibility index (Phi) is 11.0.